The zero-order valence-corrected chi connectivity index (χ0v) is 13.0. The third-order valence-electron chi connectivity index (χ3n) is 4.12. The van der Waals surface area contributed by atoms with Gasteiger partial charge in [0.1, 0.15) is 0 Å². The minimum atomic E-state index is 0.0442. The van der Waals surface area contributed by atoms with Crippen LogP contribution >= 0.6 is 0 Å². The number of amides is 2. The Morgan fingerprint density at radius 3 is 2.52 bits per heavy atom. The molecule has 1 aliphatic rings. The lowest BCUT2D eigenvalue weighted by Crippen LogP contribution is -2.49. The van der Waals surface area contributed by atoms with E-state index in [0.717, 1.165) is 44.6 Å². The Hall–Kier alpha value is -1.91. The molecule has 0 spiro atoms. The summed E-state index contributed by atoms with van der Waals surface area (Å²) in [5.74, 6) is 0. The monoisotopic (exact) mass is 290 g/mol. The molecule has 5 heteroatoms. The number of hydrogen-bond donors (Lipinski definition) is 2. The van der Waals surface area contributed by atoms with E-state index in [-0.39, 0.29) is 6.03 Å². The Morgan fingerprint density at radius 1 is 1.33 bits per heavy atom. The van der Waals surface area contributed by atoms with Crippen molar-refractivity contribution in [1.29, 1.82) is 0 Å². The van der Waals surface area contributed by atoms with Gasteiger partial charge >= 0.3 is 6.03 Å². The summed E-state index contributed by atoms with van der Waals surface area (Å²) in [5.41, 5.74) is 7.72. The molecule has 0 atom stereocenters. The summed E-state index contributed by atoms with van der Waals surface area (Å²) in [7, 11) is 1.90. The van der Waals surface area contributed by atoms with Gasteiger partial charge in [-0.25, -0.2) is 4.79 Å². The number of urea groups is 1. The topological polar surface area (TPSA) is 61.6 Å². The predicted octanol–water partition coefficient (Wildman–Crippen LogP) is 2.29. The van der Waals surface area contributed by atoms with Gasteiger partial charge in [-0.1, -0.05) is 6.92 Å². The molecule has 0 radical (unpaired) electrons. The number of carbonyl (C=O) groups excluding carboxylic acids is 1. The number of rotatable bonds is 4. The highest BCUT2D eigenvalue weighted by Crippen LogP contribution is 2.23. The zero-order valence-electron chi connectivity index (χ0n) is 13.0. The molecule has 1 heterocycles. The van der Waals surface area contributed by atoms with Gasteiger partial charge in [-0.2, -0.15) is 0 Å². The number of nitrogens with one attached hydrogen (secondary N) is 1. The Bertz CT molecular complexity index is 452. The van der Waals surface area contributed by atoms with Crippen LogP contribution in [0.25, 0.3) is 0 Å². The van der Waals surface area contributed by atoms with Gasteiger partial charge in [0, 0.05) is 44.1 Å². The third kappa shape index (κ3) is 4.03. The number of anilines is 2. The van der Waals surface area contributed by atoms with Crippen molar-refractivity contribution in [3.8, 4) is 0 Å². The van der Waals surface area contributed by atoms with Crippen LogP contribution in [-0.4, -0.2) is 43.7 Å². The minimum Gasteiger partial charge on any atom is -0.399 e. The van der Waals surface area contributed by atoms with E-state index in [9.17, 15) is 4.79 Å². The van der Waals surface area contributed by atoms with Gasteiger partial charge in [0.05, 0.1) is 0 Å². The largest absolute Gasteiger partial charge is 0.399 e. The summed E-state index contributed by atoms with van der Waals surface area (Å²) in [5, 5.41) is 2.94. The maximum atomic E-state index is 12.0. The summed E-state index contributed by atoms with van der Waals surface area (Å²) >= 11 is 0. The van der Waals surface area contributed by atoms with E-state index in [0.29, 0.717) is 6.04 Å². The van der Waals surface area contributed by atoms with Crippen LogP contribution in [0.2, 0.25) is 0 Å². The van der Waals surface area contributed by atoms with Gasteiger partial charge in [0.25, 0.3) is 0 Å². The second kappa shape index (κ2) is 7.20. The smallest absolute Gasteiger partial charge is 0.317 e. The van der Waals surface area contributed by atoms with Crippen LogP contribution in [0.4, 0.5) is 16.2 Å². The molecule has 1 aromatic carbocycles. The molecule has 0 unspecified atom stereocenters. The molecule has 0 saturated carbocycles. The summed E-state index contributed by atoms with van der Waals surface area (Å²) in [6, 6.07) is 8.37. The number of nitrogens with zero attached hydrogens (tertiary/aromatic N) is 2. The summed E-state index contributed by atoms with van der Waals surface area (Å²) in [4.78, 5) is 16.2. The fraction of sp³-hybridized carbons (Fsp3) is 0.562. The Kier molecular flexibility index (Phi) is 5.31. The molecule has 5 nitrogen and oxygen atoms in total. The van der Waals surface area contributed by atoms with Crippen LogP contribution in [0.1, 0.15) is 26.2 Å². The standard InChI is InChI=1S/C16H26N4O/c1-3-10-18-16(21)19(2)14-8-11-20(12-9-14)15-6-4-13(17)5-7-15/h4-7,14H,3,8-12,17H2,1-2H3,(H,18,21). The van der Waals surface area contributed by atoms with Crippen LogP contribution in [0.5, 0.6) is 0 Å². The van der Waals surface area contributed by atoms with Crippen molar-refractivity contribution in [3.05, 3.63) is 24.3 Å². The molecule has 0 aromatic heterocycles. The molecule has 1 saturated heterocycles. The summed E-state index contributed by atoms with van der Waals surface area (Å²) in [6.45, 7) is 4.75. The molecule has 2 amide bonds. The third-order valence-corrected chi connectivity index (χ3v) is 4.12. The number of carbonyl (C=O) groups is 1. The first-order valence-electron chi connectivity index (χ1n) is 7.73. The highest BCUT2D eigenvalue weighted by Gasteiger charge is 2.25. The molecule has 1 aromatic rings. The Labute approximate surface area is 127 Å². The highest BCUT2D eigenvalue weighted by molar-refractivity contribution is 5.74. The first kappa shape index (κ1) is 15.5. The quantitative estimate of drug-likeness (QED) is 0.836. The molecular formula is C16H26N4O. The van der Waals surface area contributed by atoms with Crippen LogP contribution < -0.4 is 16.0 Å². The fourth-order valence-corrected chi connectivity index (χ4v) is 2.72. The molecule has 116 valence electrons. The average Bonchev–Trinajstić information content (AvgIpc) is 2.53. The van der Waals surface area contributed by atoms with Crippen LogP contribution in [0, 0.1) is 0 Å². The maximum absolute atomic E-state index is 12.0. The predicted molar refractivity (Wildman–Crippen MR) is 87.5 cm³/mol. The highest BCUT2D eigenvalue weighted by atomic mass is 16.2. The molecule has 2 rings (SSSR count). The first-order valence-corrected chi connectivity index (χ1v) is 7.73. The summed E-state index contributed by atoms with van der Waals surface area (Å²) in [6.07, 6.45) is 2.97. The van der Waals surface area contributed by atoms with Crippen LogP contribution in [-0.2, 0) is 0 Å². The summed E-state index contributed by atoms with van der Waals surface area (Å²) < 4.78 is 0. The first-order chi connectivity index (χ1) is 10.1. The Morgan fingerprint density at radius 2 is 1.95 bits per heavy atom. The van der Waals surface area contributed by atoms with Gasteiger partial charge in [-0.05, 0) is 43.5 Å². The second-order valence-electron chi connectivity index (χ2n) is 5.65. The molecule has 0 aliphatic carbocycles. The number of nitrogens with two attached hydrogens (primary N) is 1. The number of piperidine rings is 1. The van der Waals surface area contributed by atoms with Gasteiger partial charge < -0.3 is 20.9 Å². The van der Waals surface area contributed by atoms with Gasteiger partial charge in [0.15, 0.2) is 0 Å². The molecule has 1 fully saturated rings. The molecule has 1 aliphatic heterocycles. The van der Waals surface area contributed by atoms with E-state index in [1.54, 1.807) is 0 Å². The number of nitrogen functional groups attached to an aromatic ring is 1. The average molecular weight is 290 g/mol. The number of benzene rings is 1. The van der Waals surface area contributed by atoms with Crippen molar-refractivity contribution in [2.75, 3.05) is 37.3 Å². The van der Waals surface area contributed by atoms with Crippen molar-refractivity contribution in [3.63, 3.8) is 0 Å². The molecule has 3 N–H and O–H groups in total. The number of hydrogen-bond acceptors (Lipinski definition) is 3. The van der Waals surface area contributed by atoms with E-state index in [1.807, 2.05) is 24.1 Å². The van der Waals surface area contributed by atoms with E-state index >= 15 is 0 Å². The van der Waals surface area contributed by atoms with E-state index < -0.39 is 0 Å². The SMILES string of the molecule is CCCNC(=O)N(C)C1CCN(c2ccc(N)cc2)CC1. The van der Waals surface area contributed by atoms with E-state index in [4.69, 9.17) is 5.73 Å². The lowest BCUT2D eigenvalue weighted by Gasteiger charge is -2.37. The fourth-order valence-electron chi connectivity index (χ4n) is 2.72. The van der Waals surface area contributed by atoms with Gasteiger partial charge in [-0.3, -0.25) is 0 Å². The second-order valence-corrected chi connectivity index (χ2v) is 5.65. The van der Waals surface area contributed by atoms with Crippen molar-refractivity contribution < 1.29 is 4.79 Å². The van der Waals surface area contributed by atoms with Crippen LogP contribution in [0.3, 0.4) is 0 Å². The van der Waals surface area contributed by atoms with Gasteiger partial charge in [-0.15, -0.1) is 0 Å². The minimum absolute atomic E-state index is 0.0442. The molecule has 21 heavy (non-hydrogen) atoms. The molecular weight excluding hydrogens is 264 g/mol. The van der Waals surface area contributed by atoms with E-state index in [1.165, 1.54) is 5.69 Å². The lowest BCUT2D eigenvalue weighted by molar-refractivity contribution is 0.180. The zero-order chi connectivity index (χ0) is 15.2. The lowest BCUT2D eigenvalue weighted by atomic mass is 10.0. The van der Waals surface area contributed by atoms with Gasteiger partial charge in [0.2, 0.25) is 0 Å². The van der Waals surface area contributed by atoms with Crippen molar-refractivity contribution in [2.45, 2.75) is 32.2 Å². The molecule has 0 bridgehead atoms. The normalized spacial score (nSPS) is 15.8. The van der Waals surface area contributed by atoms with Crippen molar-refractivity contribution in [1.82, 2.24) is 10.2 Å². The van der Waals surface area contributed by atoms with Crippen LogP contribution in [0.15, 0.2) is 24.3 Å². The Balaban J connectivity index is 1.85. The maximum Gasteiger partial charge on any atom is 0.317 e. The van der Waals surface area contributed by atoms with Crippen molar-refractivity contribution >= 4 is 17.4 Å². The van der Waals surface area contributed by atoms with E-state index in [2.05, 4.69) is 29.3 Å². The van der Waals surface area contributed by atoms with Crippen molar-refractivity contribution in [2.24, 2.45) is 0 Å².